The van der Waals surface area contributed by atoms with Crippen molar-refractivity contribution >= 4 is 0 Å². The summed E-state index contributed by atoms with van der Waals surface area (Å²) in [5, 5.41) is 3.62. The number of aromatic nitrogens is 1. The van der Waals surface area contributed by atoms with E-state index in [1.165, 1.54) is 31.6 Å². The summed E-state index contributed by atoms with van der Waals surface area (Å²) in [5.74, 6) is 0. The lowest BCUT2D eigenvalue weighted by atomic mass is 10.1. The van der Waals surface area contributed by atoms with Gasteiger partial charge >= 0.3 is 0 Å². The third-order valence-corrected chi connectivity index (χ3v) is 3.26. The van der Waals surface area contributed by atoms with Gasteiger partial charge in [0.25, 0.3) is 0 Å². The largest absolute Gasteiger partial charge is 0.313 e. The molecule has 0 aromatic carbocycles. The van der Waals surface area contributed by atoms with Crippen molar-refractivity contribution < 1.29 is 0 Å². The lowest BCUT2D eigenvalue weighted by Crippen LogP contribution is -2.41. The van der Waals surface area contributed by atoms with Crippen molar-refractivity contribution in [2.45, 2.75) is 25.3 Å². The molecule has 0 atom stereocenters. The average Bonchev–Trinajstić information content (AvgIpc) is 2.33. The lowest BCUT2D eigenvalue weighted by molar-refractivity contribution is 0.235. The highest BCUT2D eigenvalue weighted by Crippen LogP contribution is 2.07. The minimum atomic E-state index is 0.708. The normalized spacial score (nSPS) is 18.8. The molecule has 1 saturated heterocycles. The van der Waals surface area contributed by atoms with Gasteiger partial charge < -0.3 is 10.2 Å². The summed E-state index contributed by atoms with van der Waals surface area (Å²) in [6, 6.07) is 6.82. The predicted octanol–water partition coefficient (Wildman–Crippen LogP) is 1.31. The predicted molar refractivity (Wildman–Crippen MR) is 66.5 cm³/mol. The van der Waals surface area contributed by atoms with Gasteiger partial charge in [-0.15, -0.1) is 0 Å². The van der Waals surface area contributed by atoms with Crippen LogP contribution in [0.25, 0.3) is 0 Å². The van der Waals surface area contributed by atoms with Crippen LogP contribution in [0.15, 0.2) is 24.4 Å². The Labute approximate surface area is 97.9 Å². The third-order valence-electron chi connectivity index (χ3n) is 3.26. The molecule has 1 aromatic rings. The minimum Gasteiger partial charge on any atom is -0.313 e. The first-order valence-electron chi connectivity index (χ1n) is 6.16. The second kappa shape index (κ2) is 5.97. The van der Waals surface area contributed by atoms with Gasteiger partial charge in [0, 0.05) is 30.9 Å². The molecule has 0 saturated carbocycles. The van der Waals surface area contributed by atoms with Crippen molar-refractivity contribution in [3.8, 4) is 0 Å². The Kier molecular flexibility index (Phi) is 4.31. The zero-order valence-corrected chi connectivity index (χ0v) is 10.0. The summed E-state index contributed by atoms with van der Waals surface area (Å²) >= 11 is 0. The molecule has 0 spiro atoms. The van der Waals surface area contributed by atoms with Gasteiger partial charge in [0.05, 0.1) is 0 Å². The smallest absolute Gasteiger partial charge is 0.0416 e. The Morgan fingerprint density at radius 2 is 2.19 bits per heavy atom. The molecule has 16 heavy (non-hydrogen) atoms. The SMILES string of the molecule is CN1CCC(NCCc2ccccn2)CC1. The van der Waals surface area contributed by atoms with E-state index in [2.05, 4.69) is 34.4 Å². The van der Waals surface area contributed by atoms with Crippen LogP contribution in [0.1, 0.15) is 18.5 Å². The van der Waals surface area contributed by atoms with Crippen LogP contribution in [-0.2, 0) is 6.42 Å². The van der Waals surface area contributed by atoms with E-state index in [4.69, 9.17) is 0 Å². The molecular weight excluding hydrogens is 198 g/mol. The highest BCUT2D eigenvalue weighted by molar-refractivity contribution is 5.03. The van der Waals surface area contributed by atoms with Crippen molar-refractivity contribution in [2.75, 3.05) is 26.7 Å². The molecule has 3 heteroatoms. The van der Waals surface area contributed by atoms with Crippen LogP contribution >= 0.6 is 0 Å². The Bertz CT molecular complexity index is 291. The number of rotatable bonds is 4. The van der Waals surface area contributed by atoms with E-state index in [9.17, 15) is 0 Å². The summed E-state index contributed by atoms with van der Waals surface area (Å²) in [5.41, 5.74) is 1.18. The van der Waals surface area contributed by atoms with Crippen LogP contribution < -0.4 is 5.32 Å². The quantitative estimate of drug-likeness (QED) is 0.827. The number of hydrogen-bond donors (Lipinski definition) is 1. The van der Waals surface area contributed by atoms with Crippen LogP contribution in [-0.4, -0.2) is 42.6 Å². The molecule has 1 N–H and O–H groups in total. The van der Waals surface area contributed by atoms with Gasteiger partial charge in [0.2, 0.25) is 0 Å². The van der Waals surface area contributed by atoms with E-state index >= 15 is 0 Å². The van der Waals surface area contributed by atoms with Crippen molar-refractivity contribution in [3.63, 3.8) is 0 Å². The van der Waals surface area contributed by atoms with Gasteiger partial charge in [0.15, 0.2) is 0 Å². The van der Waals surface area contributed by atoms with Gasteiger partial charge in [0.1, 0.15) is 0 Å². The number of likely N-dealkylation sites (tertiary alicyclic amines) is 1. The van der Waals surface area contributed by atoms with E-state index < -0.39 is 0 Å². The number of pyridine rings is 1. The fourth-order valence-corrected chi connectivity index (χ4v) is 2.16. The lowest BCUT2D eigenvalue weighted by Gasteiger charge is -2.29. The Balaban J connectivity index is 1.65. The van der Waals surface area contributed by atoms with Gasteiger partial charge in [-0.05, 0) is 45.1 Å². The van der Waals surface area contributed by atoms with E-state index in [0.717, 1.165) is 13.0 Å². The topological polar surface area (TPSA) is 28.2 Å². The van der Waals surface area contributed by atoms with E-state index in [-0.39, 0.29) is 0 Å². The first-order valence-corrected chi connectivity index (χ1v) is 6.16. The van der Waals surface area contributed by atoms with Crippen molar-refractivity contribution in [2.24, 2.45) is 0 Å². The molecule has 1 aliphatic rings. The maximum absolute atomic E-state index is 4.33. The fraction of sp³-hybridized carbons (Fsp3) is 0.615. The number of piperidine rings is 1. The summed E-state index contributed by atoms with van der Waals surface area (Å²) in [4.78, 5) is 6.72. The van der Waals surface area contributed by atoms with Crippen molar-refractivity contribution in [3.05, 3.63) is 30.1 Å². The highest BCUT2D eigenvalue weighted by atomic mass is 15.1. The monoisotopic (exact) mass is 219 g/mol. The molecule has 0 amide bonds. The zero-order chi connectivity index (χ0) is 11.2. The number of nitrogens with one attached hydrogen (secondary N) is 1. The zero-order valence-electron chi connectivity index (χ0n) is 10.0. The van der Waals surface area contributed by atoms with Crippen LogP contribution in [0.3, 0.4) is 0 Å². The molecule has 88 valence electrons. The van der Waals surface area contributed by atoms with Crippen LogP contribution in [0.2, 0.25) is 0 Å². The highest BCUT2D eigenvalue weighted by Gasteiger charge is 2.15. The number of nitrogens with zero attached hydrogens (tertiary/aromatic N) is 2. The maximum Gasteiger partial charge on any atom is 0.0416 e. The van der Waals surface area contributed by atoms with E-state index in [1.807, 2.05) is 12.3 Å². The molecule has 0 unspecified atom stereocenters. The van der Waals surface area contributed by atoms with E-state index in [0.29, 0.717) is 6.04 Å². The second-order valence-electron chi connectivity index (χ2n) is 4.60. The van der Waals surface area contributed by atoms with Crippen LogP contribution in [0, 0.1) is 0 Å². The summed E-state index contributed by atoms with van der Waals surface area (Å²) < 4.78 is 0. The third kappa shape index (κ3) is 3.58. The molecule has 2 heterocycles. The minimum absolute atomic E-state index is 0.708. The Hall–Kier alpha value is -0.930. The van der Waals surface area contributed by atoms with Gasteiger partial charge in [-0.2, -0.15) is 0 Å². The standard InChI is InChI=1S/C13H21N3/c1-16-10-6-13(7-11-16)15-9-5-12-4-2-3-8-14-12/h2-4,8,13,15H,5-7,9-11H2,1H3. The van der Waals surface area contributed by atoms with Crippen molar-refractivity contribution in [1.29, 1.82) is 0 Å². The second-order valence-corrected chi connectivity index (χ2v) is 4.60. The van der Waals surface area contributed by atoms with Gasteiger partial charge in [-0.3, -0.25) is 4.98 Å². The van der Waals surface area contributed by atoms with E-state index in [1.54, 1.807) is 0 Å². The van der Waals surface area contributed by atoms with Crippen LogP contribution in [0.5, 0.6) is 0 Å². The number of hydrogen-bond acceptors (Lipinski definition) is 3. The van der Waals surface area contributed by atoms with Gasteiger partial charge in [-0.1, -0.05) is 6.07 Å². The molecule has 2 rings (SSSR count). The first-order chi connectivity index (χ1) is 7.84. The molecule has 1 fully saturated rings. The molecule has 0 aliphatic carbocycles. The molecule has 0 bridgehead atoms. The average molecular weight is 219 g/mol. The molecular formula is C13H21N3. The van der Waals surface area contributed by atoms with Gasteiger partial charge in [-0.25, -0.2) is 0 Å². The molecule has 1 aliphatic heterocycles. The molecule has 0 radical (unpaired) electrons. The summed E-state index contributed by atoms with van der Waals surface area (Å²) in [6.07, 6.45) is 5.45. The van der Waals surface area contributed by atoms with Crippen molar-refractivity contribution in [1.82, 2.24) is 15.2 Å². The molecule has 3 nitrogen and oxygen atoms in total. The fourth-order valence-electron chi connectivity index (χ4n) is 2.16. The maximum atomic E-state index is 4.33. The molecule has 1 aromatic heterocycles. The van der Waals surface area contributed by atoms with Crippen LogP contribution in [0.4, 0.5) is 0 Å². The first kappa shape index (κ1) is 11.6. The Morgan fingerprint density at radius 3 is 2.88 bits per heavy atom. The Morgan fingerprint density at radius 1 is 1.38 bits per heavy atom. The summed E-state index contributed by atoms with van der Waals surface area (Å²) in [7, 11) is 2.20. The summed E-state index contributed by atoms with van der Waals surface area (Å²) in [6.45, 7) is 3.49.